The maximum atomic E-state index is 13.7. The van der Waals surface area contributed by atoms with Crippen LogP contribution in [0.5, 0.6) is 0 Å². The van der Waals surface area contributed by atoms with Crippen molar-refractivity contribution < 1.29 is 9.18 Å². The van der Waals surface area contributed by atoms with Crippen molar-refractivity contribution in [3.63, 3.8) is 0 Å². The molecule has 0 N–H and O–H groups in total. The molecule has 1 aliphatic heterocycles. The number of para-hydroxylation sites is 1. The molecule has 1 heterocycles. The Balaban J connectivity index is 2.14. The second-order valence-electron chi connectivity index (χ2n) is 4.16. The number of hydrogen-bond donors (Lipinski definition) is 0. The lowest BCUT2D eigenvalue weighted by Gasteiger charge is -2.14. The van der Waals surface area contributed by atoms with E-state index in [-0.39, 0.29) is 18.0 Å². The zero-order valence-corrected chi connectivity index (χ0v) is 9.56. The van der Waals surface area contributed by atoms with Crippen molar-refractivity contribution in [1.82, 2.24) is 0 Å². The summed E-state index contributed by atoms with van der Waals surface area (Å²) in [5.74, 6) is -0.359. The van der Waals surface area contributed by atoms with Gasteiger partial charge in [0.1, 0.15) is 5.82 Å². The van der Waals surface area contributed by atoms with Gasteiger partial charge in [-0.1, -0.05) is 30.3 Å². The smallest absolute Gasteiger partial charge is 0.171 e. The quantitative estimate of drug-likeness (QED) is 0.748. The lowest BCUT2D eigenvalue weighted by molar-refractivity contribution is 0.1000. The standard InChI is InChI=1S/C15H10FNO/c16-12-7-3-1-5-10(12)14-9-15(18)11-6-2-4-8-13(11)17-14/h1-8H,9H2. The molecule has 0 saturated carbocycles. The molecule has 1 aliphatic rings. The summed E-state index contributed by atoms with van der Waals surface area (Å²) < 4.78 is 13.7. The van der Waals surface area contributed by atoms with Gasteiger partial charge in [-0.05, 0) is 18.2 Å². The third-order valence-corrected chi connectivity index (χ3v) is 2.97. The van der Waals surface area contributed by atoms with E-state index in [1.165, 1.54) is 6.07 Å². The number of aliphatic imine (C=N–C) groups is 1. The van der Waals surface area contributed by atoms with Crippen LogP contribution in [0.25, 0.3) is 0 Å². The number of rotatable bonds is 1. The van der Waals surface area contributed by atoms with Gasteiger partial charge in [0.25, 0.3) is 0 Å². The highest BCUT2D eigenvalue weighted by Gasteiger charge is 2.21. The van der Waals surface area contributed by atoms with Crippen LogP contribution < -0.4 is 0 Å². The minimum absolute atomic E-state index is 0.0150. The molecule has 0 bridgehead atoms. The summed E-state index contributed by atoms with van der Waals surface area (Å²) in [6.45, 7) is 0. The molecule has 0 fully saturated rings. The zero-order valence-electron chi connectivity index (χ0n) is 9.56. The van der Waals surface area contributed by atoms with Crippen molar-refractivity contribution in [1.29, 1.82) is 0 Å². The van der Waals surface area contributed by atoms with Gasteiger partial charge in [0.15, 0.2) is 5.78 Å². The molecule has 2 aromatic rings. The Bertz CT molecular complexity index is 661. The van der Waals surface area contributed by atoms with Crippen LogP contribution in [-0.2, 0) is 0 Å². The molecular formula is C15H10FNO. The van der Waals surface area contributed by atoms with Crippen LogP contribution in [0.3, 0.4) is 0 Å². The first-order valence-corrected chi connectivity index (χ1v) is 5.70. The molecule has 88 valence electrons. The number of carbonyl (C=O) groups excluding carboxylic acids is 1. The monoisotopic (exact) mass is 239 g/mol. The normalized spacial score (nSPS) is 14.1. The first-order valence-electron chi connectivity index (χ1n) is 5.70. The second kappa shape index (κ2) is 4.18. The fraction of sp³-hybridized carbons (Fsp3) is 0.0667. The maximum absolute atomic E-state index is 13.7. The van der Waals surface area contributed by atoms with Crippen LogP contribution in [0.15, 0.2) is 53.5 Å². The molecule has 0 aliphatic carbocycles. The van der Waals surface area contributed by atoms with Gasteiger partial charge >= 0.3 is 0 Å². The maximum Gasteiger partial charge on any atom is 0.171 e. The average Bonchev–Trinajstić information content (AvgIpc) is 2.39. The molecule has 18 heavy (non-hydrogen) atoms. The van der Waals surface area contributed by atoms with E-state index in [1.54, 1.807) is 36.4 Å². The van der Waals surface area contributed by atoms with Crippen molar-refractivity contribution >= 4 is 17.2 Å². The first-order chi connectivity index (χ1) is 8.75. The van der Waals surface area contributed by atoms with Gasteiger partial charge in [-0.15, -0.1) is 0 Å². The van der Waals surface area contributed by atoms with E-state index in [2.05, 4.69) is 4.99 Å². The van der Waals surface area contributed by atoms with E-state index >= 15 is 0 Å². The van der Waals surface area contributed by atoms with E-state index in [9.17, 15) is 9.18 Å². The van der Waals surface area contributed by atoms with E-state index in [0.29, 0.717) is 22.5 Å². The Hall–Kier alpha value is -2.29. The minimum atomic E-state index is -0.344. The van der Waals surface area contributed by atoms with Gasteiger partial charge in [-0.25, -0.2) is 4.39 Å². The number of carbonyl (C=O) groups is 1. The molecule has 3 heteroatoms. The lowest BCUT2D eigenvalue weighted by atomic mass is 9.96. The lowest BCUT2D eigenvalue weighted by Crippen LogP contribution is -2.15. The summed E-state index contributed by atoms with van der Waals surface area (Å²) in [5.41, 5.74) is 2.13. The molecule has 0 saturated heterocycles. The van der Waals surface area contributed by atoms with Gasteiger partial charge in [0, 0.05) is 11.1 Å². The topological polar surface area (TPSA) is 29.4 Å². The molecule has 0 amide bonds. The van der Waals surface area contributed by atoms with E-state index < -0.39 is 0 Å². The number of Topliss-reactive ketones (excluding diaryl/α,β-unsaturated/α-hetero) is 1. The summed E-state index contributed by atoms with van der Waals surface area (Å²) in [5, 5.41) is 0. The van der Waals surface area contributed by atoms with E-state index in [1.807, 2.05) is 6.07 Å². The Kier molecular flexibility index (Phi) is 2.52. The number of hydrogen-bond acceptors (Lipinski definition) is 2. The number of nitrogens with zero attached hydrogens (tertiary/aromatic N) is 1. The van der Waals surface area contributed by atoms with Crippen LogP contribution in [0.4, 0.5) is 10.1 Å². The minimum Gasteiger partial charge on any atom is -0.294 e. The van der Waals surface area contributed by atoms with Crippen LogP contribution >= 0.6 is 0 Å². The van der Waals surface area contributed by atoms with E-state index in [4.69, 9.17) is 0 Å². The van der Waals surface area contributed by atoms with E-state index in [0.717, 1.165) is 0 Å². The summed E-state index contributed by atoms with van der Waals surface area (Å²) >= 11 is 0. The number of fused-ring (bicyclic) bond motifs is 1. The van der Waals surface area contributed by atoms with Gasteiger partial charge in [-0.3, -0.25) is 9.79 Å². The van der Waals surface area contributed by atoms with Crippen LogP contribution in [0, 0.1) is 5.82 Å². The molecular weight excluding hydrogens is 229 g/mol. The molecule has 3 rings (SSSR count). The molecule has 0 atom stereocenters. The second-order valence-corrected chi connectivity index (χ2v) is 4.16. The third-order valence-electron chi connectivity index (χ3n) is 2.97. The highest BCUT2D eigenvalue weighted by atomic mass is 19.1. The number of halogens is 1. The molecule has 0 unspecified atom stereocenters. The molecule has 2 nitrogen and oxygen atoms in total. The van der Waals surface area contributed by atoms with Crippen molar-refractivity contribution in [2.75, 3.05) is 0 Å². The van der Waals surface area contributed by atoms with Crippen molar-refractivity contribution in [3.8, 4) is 0 Å². The van der Waals surface area contributed by atoms with Crippen LogP contribution in [0.2, 0.25) is 0 Å². The Morgan fingerprint density at radius 1 is 0.944 bits per heavy atom. The zero-order chi connectivity index (χ0) is 12.5. The summed E-state index contributed by atoms with van der Waals surface area (Å²) in [6, 6.07) is 13.5. The Morgan fingerprint density at radius 2 is 1.61 bits per heavy atom. The summed E-state index contributed by atoms with van der Waals surface area (Å²) in [6.07, 6.45) is 0.151. The van der Waals surface area contributed by atoms with Crippen molar-refractivity contribution in [3.05, 3.63) is 65.5 Å². The fourth-order valence-corrected chi connectivity index (χ4v) is 2.09. The predicted octanol–water partition coefficient (Wildman–Crippen LogP) is 3.53. The molecule has 0 aromatic heterocycles. The van der Waals surface area contributed by atoms with Gasteiger partial charge in [0.2, 0.25) is 0 Å². The van der Waals surface area contributed by atoms with Gasteiger partial charge in [0.05, 0.1) is 17.8 Å². The number of ketones is 1. The summed E-state index contributed by atoms with van der Waals surface area (Å²) in [4.78, 5) is 16.4. The highest BCUT2D eigenvalue weighted by Crippen LogP contribution is 2.27. The van der Waals surface area contributed by atoms with Gasteiger partial charge in [-0.2, -0.15) is 0 Å². The SMILES string of the molecule is O=C1CC(c2ccccc2F)=Nc2ccccc21. The largest absolute Gasteiger partial charge is 0.294 e. The molecule has 0 radical (unpaired) electrons. The van der Waals surface area contributed by atoms with Crippen molar-refractivity contribution in [2.45, 2.75) is 6.42 Å². The third kappa shape index (κ3) is 1.74. The molecule has 0 spiro atoms. The predicted molar refractivity (Wildman–Crippen MR) is 68.0 cm³/mol. The first kappa shape index (κ1) is 10.8. The molecule has 2 aromatic carbocycles. The Morgan fingerprint density at radius 3 is 2.39 bits per heavy atom. The van der Waals surface area contributed by atoms with Crippen molar-refractivity contribution in [2.24, 2.45) is 4.99 Å². The fourth-order valence-electron chi connectivity index (χ4n) is 2.09. The summed E-state index contributed by atoms with van der Waals surface area (Å²) in [7, 11) is 0. The van der Waals surface area contributed by atoms with Crippen LogP contribution in [-0.4, -0.2) is 11.5 Å². The van der Waals surface area contributed by atoms with Gasteiger partial charge < -0.3 is 0 Å². The highest BCUT2D eigenvalue weighted by molar-refractivity contribution is 6.20. The average molecular weight is 239 g/mol. The number of benzene rings is 2. The Labute approximate surface area is 104 Å². The van der Waals surface area contributed by atoms with Crippen LogP contribution in [0.1, 0.15) is 22.3 Å².